The van der Waals surface area contributed by atoms with Gasteiger partial charge in [0, 0.05) is 29.4 Å². The predicted molar refractivity (Wildman–Crippen MR) is 117 cm³/mol. The summed E-state index contributed by atoms with van der Waals surface area (Å²) >= 11 is 0. The summed E-state index contributed by atoms with van der Waals surface area (Å²) < 4.78 is 5.47. The molecule has 0 atom stereocenters. The van der Waals surface area contributed by atoms with Crippen molar-refractivity contribution in [3.63, 3.8) is 0 Å². The van der Waals surface area contributed by atoms with Gasteiger partial charge in [-0.2, -0.15) is 0 Å². The maximum absolute atomic E-state index is 5.47. The summed E-state index contributed by atoms with van der Waals surface area (Å²) in [5.74, 6) is 1.49. The van der Waals surface area contributed by atoms with Gasteiger partial charge in [0.25, 0.3) is 0 Å². The van der Waals surface area contributed by atoms with Crippen molar-refractivity contribution < 1.29 is 9.57 Å². The van der Waals surface area contributed by atoms with E-state index < -0.39 is 0 Å². The molecule has 0 bridgehead atoms. The number of rotatable bonds is 5. The number of ether oxygens (including phenoxy) is 1. The van der Waals surface area contributed by atoms with Crippen LogP contribution in [0.25, 0.3) is 11.5 Å². The van der Waals surface area contributed by atoms with E-state index in [0.29, 0.717) is 12.2 Å². The Morgan fingerprint density at radius 1 is 1.00 bits per heavy atom. The summed E-state index contributed by atoms with van der Waals surface area (Å²) in [6.07, 6.45) is 4.23. The van der Waals surface area contributed by atoms with E-state index >= 15 is 0 Å². The molecule has 30 heavy (non-hydrogen) atoms. The monoisotopic (exact) mass is 402 g/mol. The molecule has 0 N–H and O–H groups in total. The van der Waals surface area contributed by atoms with E-state index in [2.05, 4.69) is 30.1 Å². The zero-order valence-corrected chi connectivity index (χ0v) is 17.8. The molecule has 2 heterocycles. The van der Waals surface area contributed by atoms with E-state index in [0.717, 1.165) is 52.5 Å². The Morgan fingerprint density at radius 2 is 1.83 bits per heavy atom. The van der Waals surface area contributed by atoms with E-state index in [1.165, 1.54) is 0 Å². The quantitative estimate of drug-likeness (QED) is 0.589. The second-order valence-corrected chi connectivity index (χ2v) is 8.30. The van der Waals surface area contributed by atoms with Crippen LogP contribution < -0.4 is 4.74 Å². The summed E-state index contributed by atoms with van der Waals surface area (Å²) in [4.78, 5) is 19.3. The van der Waals surface area contributed by atoms with E-state index in [1.807, 2.05) is 42.6 Å². The first-order chi connectivity index (χ1) is 14.5. The third-order valence-electron chi connectivity index (χ3n) is 5.27. The molecule has 1 aliphatic rings. The van der Waals surface area contributed by atoms with Gasteiger partial charge in [0.15, 0.2) is 5.82 Å². The van der Waals surface area contributed by atoms with Crippen molar-refractivity contribution in [3.8, 4) is 17.3 Å². The van der Waals surface area contributed by atoms with Crippen LogP contribution in [0.2, 0.25) is 0 Å². The number of nitrogens with zero attached hydrogens (tertiary/aromatic N) is 4. The molecule has 0 unspecified atom stereocenters. The molecule has 6 heteroatoms. The van der Waals surface area contributed by atoms with Crippen LogP contribution >= 0.6 is 0 Å². The summed E-state index contributed by atoms with van der Waals surface area (Å²) in [6.45, 7) is 4.43. The molecule has 0 aliphatic heterocycles. The van der Waals surface area contributed by atoms with Crippen LogP contribution in [0, 0.1) is 5.41 Å². The molecule has 6 nitrogen and oxygen atoms in total. The van der Waals surface area contributed by atoms with Gasteiger partial charge >= 0.3 is 0 Å². The highest BCUT2D eigenvalue weighted by Gasteiger charge is 2.31. The molecule has 0 amide bonds. The number of fused-ring (bicyclic) bond motifs is 1. The zero-order valence-electron chi connectivity index (χ0n) is 17.8. The number of hydrogen-bond acceptors (Lipinski definition) is 6. The number of oxime groups is 1. The van der Waals surface area contributed by atoms with Gasteiger partial charge in [0.2, 0.25) is 0 Å². The molecular formula is C24H26N4O2. The SMILES string of the molecule is CO/N=C1\CC(C)(C)Cc2nc(-c3cccc(Cc4ccccc4OC)n3)ncc21. The van der Waals surface area contributed by atoms with Crippen LogP contribution in [-0.4, -0.2) is 34.9 Å². The fraction of sp³-hybridized carbons (Fsp3) is 0.333. The molecule has 0 spiro atoms. The van der Waals surface area contributed by atoms with Crippen molar-refractivity contribution in [2.75, 3.05) is 14.2 Å². The number of hydrogen-bond donors (Lipinski definition) is 0. The van der Waals surface area contributed by atoms with Crippen molar-refractivity contribution in [1.82, 2.24) is 15.0 Å². The third kappa shape index (κ3) is 4.17. The molecule has 0 radical (unpaired) electrons. The highest BCUT2D eigenvalue weighted by atomic mass is 16.6. The minimum absolute atomic E-state index is 0.0646. The van der Waals surface area contributed by atoms with Gasteiger partial charge in [-0.3, -0.25) is 0 Å². The van der Waals surface area contributed by atoms with Gasteiger partial charge in [-0.05, 0) is 36.5 Å². The molecule has 4 rings (SSSR count). The second-order valence-electron chi connectivity index (χ2n) is 8.30. The van der Waals surface area contributed by atoms with Gasteiger partial charge in [-0.1, -0.05) is 43.3 Å². The summed E-state index contributed by atoms with van der Waals surface area (Å²) in [5.41, 5.74) is 5.72. The lowest BCUT2D eigenvalue weighted by Crippen LogP contribution is -2.29. The van der Waals surface area contributed by atoms with Crippen molar-refractivity contribution >= 4 is 5.71 Å². The Balaban J connectivity index is 1.67. The minimum Gasteiger partial charge on any atom is -0.496 e. The Labute approximate surface area is 177 Å². The lowest BCUT2D eigenvalue weighted by molar-refractivity contribution is 0.210. The van der Waals surface area contributed by atoms with Crippen LogP contribution in [0.5, 0.6) is 5.75 Å². The molecule has 154 valence electrons. The number of pyridine rings is 1. The standard InChI is InChI=1S/C24H26N4O2/c1-24(2)13-20-18(21(14-24)28-30-4)15-25-23(27-20)19-10-7-9-17(26-19)12-16-8-5-6-11-22(16)29-3/h5-11,15H,12-14H2,1-4H3/b28-21+. The van der Waals surface area contributed by atoms with Crippen molar-refractivity contribution in [3.05, 3.63) is 71.2 Å². The van der Waals surface area contributed by atoms with Gasteiger partial charge in [-0.25, -0.2) is 15.0 Å². The van der Waals surface area contributed by atoms with E-state index in [1.54, 1.807) is 14.2 Å². The summed E-state index contributed by atoms with van der Waals surface area (Å²) in [7, 11) is 3.26. The first-order valence-electron chi connectivity index (χ1n) is 10.0. The Morgan fingerprint density at radius 3 is 2.63 bits per heavy atom. The average Bonchev–Trinajstić information content (AvgIpc) is 2.73. The number of benzene rings is 1. The van der Waals surface area contributed by atoms with Crippen LogP contribution in [0.4, 0.5) is 0 Å². The molecule has 1 aliphatic carbocycles. The largest absolute Gasteiger partial charge is 0.496 e. The van der Waals surface area contributed by atoms with E-state index in [4.69, 9.17) is 19.5 Å². The second kappa shape index (κ2) is 8.22. The third-order valence-corrected chi connectivity index (χ3v) is 5.27. The maximum atomic E-state index is 5.47. The summed E-state index contributed by atoms with van der Waals surface area (Å²) in [6, 6.07) is 14.0. The summed E-state index contributed by atoms with van der Waals surface area (Å²) in [5, 5.41) is 4.21. The Hall–Kier alpha value is -3.28. The maximum Gasteiger partial charge on any atom is 0.178 e. The highest BCUT2D eigenvalue weighted by Crippen LogP contribution is 2.34. The van der Waals surface area contributed by atoms with Crippen LogP contribution in [0.3, 0.4) is 0 Å². The fourth-order valence-corrected chi connectivity index (χ4v) is 3.92. The number of methoxy groups -OCH3 is 1. The van der Waals surface area contributed by atoms with Gasteiger partial charge < -0.3 is 9.57 Å². The van der Waals surface area contributed by atoms with Gasteiger partial charge in [0.05, 0.1) is 18.5 Å². The zero-order chi connectivity index (χ0) is 21.1. The lowest BCUT2D eigenvalue weighted by atomic mass is 9.75. The van der Waals surface area contributed by atoms with Crippen LogP contribution in [-0.2, 0) is 17.7 Å². The number of aromatic nitrogens is 3. The molecule has 3 aromatic rings. The van der Waals surface area contributed by atoms with Gasteiger partial charge in [0.1, 0.15) is 18.6 Å². The molecule has 0 saturated heterocycles. The molecule has 2 aromatic heterocycles. The smallest absolute Gasteiger partial charge is 0.178 e. The topological polar surface area (TPSA) is 69.5 Å². The van der Waals surface area contributed by atoms with Crippen LogP contribution in [0.1, 0.15) is 42.8 Å². The highest BCUT2D eigenvalue weighted by molar-refractivity contribution is 6.02. The Bertz CT molecular complexity index is 1090. The average molecular weight is 402 g/mol. The van der Waals surface area contributed by atoms with E-state index in [9.17, 15) is 0 Å². The van der Waals surface area contributed by atoms with E-state index in [-0.39, 0.29) is 5.41 Å². The Kier molecular flexibility index (Phi) is 5.48. The van der Waals surface area contributed by atoms with Gasteiger partial charge in [-0.15, -0.1) is 0 Å². The molecular weight excluding hydrogens is 376 g/mol. The fourth-order valence-electron chi connectivity index (χ4n) is 3.92. The lowest BCUT2D eigenvalue weighted by Gasteiger charge is -2.30. The van der Waals surface area contributed by atoms with Crippen molar-refractivity contribution in [2.45, 2.75) is 33.1 Å². The first-order valence-corrected chi connectivity index (χ1v) is 10.0. The molecule has 0 fully saturated rings. The van der Waals surface area contributed by atoms with Crippen LogP contribution in [0.15, 0.2) is 53.8 Å². The predicted octanol–water partition coefficient (Wildman–Crippen LogP) is 4.46. The molecule has 0 saturated carbocycles. The molecule has 1 aromatic carbocycles. The number of para-hydroxylation sites is 1. The first kappa shape index (κ1) is 20.0. The van der Waals surface area contributed by atoms with Crippen molar-refractivity contribution in [1.29, 1.82) is 0 Å². The minimum atomic E-state index is 0.0646. The van der Waals surface area contributed by atoms with Crippen molar-refractivity contribution in [2.24, 2.45) is 10.6 Å². The normalized spacial score (nSPS) is 16.2.